The standard InChI is InChI=1S/C31H35N3O5/c1-5-20-9-8-12-23(17-20)27(28(36)32-24-14-13-21-10-6-7-11-22(21)18-24)34(25-15-16-25)29(37)26(19-35)33-30(38)39-31(2,3)4/h5-14,17-18,25-27,35H,1,15-16,19H2,2-4H3,(H,32,36)(H,33,38). The number of aliphatic hydroxyl groups excluding tert-OH is 1. The van der Waals surface area contributed by atoms with E-state index >= 15 is 0 Å². The van der Waals surface area contributed by atoms with E-state index in [1.54, 1.807) is 39.0 Å². The van der Waals surface area contributed by atoms with Crippen LogP contribution in [0.5, 0.6) is 0 Å². The summed E-state index contributed by atoms with van der Waals surface area (Å²) in [7, 11) is 0. The molecule has 0 saturated heterocycles. The molecule has 8 heteroatoms. The van der Waals surface area contributed by atoms with Gasteiger partial charge in [0.1, 0.15) is 17.7 Å². The summed E-state index contributed by atoms with van der Waals surface area (Å²) in [5.74, 6) is -0.964. The van der Waals surface area contributed by atoms with Crippen LogP contribution in [0.1, 0.15) is 50.8 Å². The normalized spacial score (nSPS) is 14.7. The number of nitrogens with one attached hydrogen (secondary N) is 2. The lowest BCUT2D eigenvalue weighted by Crippen LogP contribution is -2.54. The molecule has 3 aromatic rings. The third-order valence-electron chi connectivity index (χ3n) is 6.37. The first kappa shape index (κ1) is 27.9. The van der Waals surface area contributed by atoms with Gasteiger partial charge in [-0.05, 0) is 73.7 Å². The molecule has 1 aliphatic rings. The zero-order valence-corrected chi connectivity index (χ0v) is 22.5. The first-order valence-corrected chi connectivity index (χ1v) is 13.0. The molecule has 8 nitrogen and oxygen atoms in total. The topological polar surface area (TPSA) is 108 Å². The van der Waals surface area contributed by atoms with Crippen LogP contribution in [0.4, 0.5) is 10.5 Å². The quantitative estimate of drug-likeness (QED) is 0.360. The van der Waals surface area contributed by atoms with Gasteiger partial charge in [-0.25, -0.2) is 4.79 Å². The molecule has 0 bridgehead atoms. The van der Waals surface area contributed by atoms with Gasteiger partial charge in [0, 0.05) is 11.7 Å². The number of nitrogens with zero attached hydrogens (tertiary/aromatic N) is 1. The molecule has 3 aromatic carbocycles. The molecular weight excluding hydrogens is 494 g/mol. The average molecular weight is 530 g/mol. The Bertz CT molecular complexity index is 1380. The van der Waals surface area contributed by atoms with Gasteiger partial charge in [0.05, 0.1) is 6.61 Å². The maximum atomic E-state index is 13.9. The summed E-state index contributed by atoms with van der Waals surface area (Å²) in [6.45, 7) is 8.30. The summed E-state index contributed by atoms with van der Waals surface area (Å²) < 4.78 is 5.29. The fraction of sp³-hybridized carbons (Fsp3) is 0.323. The van der Waals surface area contributed by atoms with E-state index < -0.39 is 42.2 Å². The van der Waals surface area contributed by atoms with E-state index in [1.807, 2.05) is 54.6 Å². The Morgan fingerprint density at radius 1 is 1.05 bits per heavy atom. The molecule has 0 aliphatic heterocycles. The second kappa shape index (κ2) is 11.7. The number of ether oxygens (including phenoxy) is 1. The van der Waals surface area contributed by atoms with Crippen molar-refractivity contribution in [2.75, 3.05) is 11.9 Å². The van der Waals surface area contributed by atoms with E-state index in [2.05, 4.69) is 17.2 Å². The van der Waals surface area contributed by atoms with Crippen LogP contribution in [0.15, 0.2) is 73.3 Å². The Kier molecular flexibility index (Phi) is 8.35. The lowest BCUT2D eigenvalue weighted by Gasteiger charge is -2.34. The van der Waals surface area contributed by atoms with Gasteiger partial charge in [-0.15, -0.1) is 0 Å². The molecule has 1 aliphatic carbocycles. The molecular formula is C31H35N3O5. The van der Waals surface area contributed by atoms with Crippen LogP contribution in [-0.4, -0.2) is 52.2 Å². The maximum Gasteiger partial charge on any atom is 0.408 e. The molecule has 3 N–H and O–H groups in total. The monoisotopic (exact) mass is 529 g/mol. The molecule has 3 amide bonds. The first-order valence-electron chi connectivity index (χ1n) is 13.0. The van der Waals surface area contributed by atoms with Crippen LogP contribution in [0.3, 0.4) is 0 Å². The van der Waals surface area contributed by atoms with Crippen LogP contribution >= 0.6 is 0 Å². The number of aliphatic hydroxyl groups is 1. The highest BCUT2D eigenvalue weighted by Crippen LogP contribution is 2.36. The van der Waals surface area contributed by atoms with Crippen molar-refractivity contribution in [3.05, 3.63) is 84.4 Å². The highest BCUT2D eigenvalue weighted by Gasteiger charge is 2.44. The molecule has 204 valence electrons. The number of carbonyl (C=O) groups excluding carboxylic acids is 3. The summed E-state index contributed by atoms with van der Waals surface area (Å²) in [5.41, 5.74) is 1.21. The second-order valence-electron chi connectivity index (χ2n) is 10.7. The van der Waals surface area contributed by atoms with Gasteiger partial charge in [0.2, 0.25) is 5.91 Å². The van der Waals surface area contributed by atoms with Crippen molar-refractivity contribution in [3.63, 3.8) is 0 Å². The van der Waals surface area contributed by atoms with Gasteiger partial charge in [0.25, 0.3) is 5.91 Å². The Labute approximate surface area is 228 Å². The molecule has 1 saturated carbocycles. The smallest absolute Gasteiger partial charge is 0.408 e. The number of rotatable bonds is 9. The van der Waals surface area contributed by atoms with Gasteiger partial charge < -0.3 is 25.4 Å². The number of alkyl carbamates (subject to hydrolysis) is 1. The molecule has 0 heterocycles. The fourth-order valence-corrected chi connectivity index (χ4v) is 4.46. The number of fused-ring (bicyclic) bond motifs is 1. The van der Waals surface area contributed by atoms with Gasteiger partial charge in [-0.1, -0.05) is 61.2 Å². The fourth-order valence-electron chi connectivity index (χ4n) is 4.46. The lowest BCUT2D eigenvalue weighted by atomic mass is 10.00. The number of benzene rings is 3. The van der Waals surface area contributed by atoms with Gasteiger partial charge in [-0.2, -0.15) is 0 Å². The molecule has 4 rings (SSSR count). The minimum atomic E-state index is -1.28. The number of hydrogen-bond acceptors (Lipinski definition) is 5. The van der Waals surface area contributed by atoms with Crippen molar-refractivity contribution in [2.24, 2.45) is 0 Å². The van der Waals surface area contributed by atoms with Gasteiger partial charge >= 0.3 is 6.09 Å². The zero-order chi connectivity index (χ0) is 28.2. The van der Waals surface area contributed by atoms with E-state index in [1.165, 1.54) is 4.90 Å². The molecule has 0 radical (unpaired) electrons. The van der Waals surface area contributed by atoms with Crippen molar-refractivity contribution in [2.45, 2.75) is 57.3 Å². The maximum absolute atomic E-state index is 13.9. The first-order chi connectivity index (χ1) is 18.6. The Hall–Kier alpha value is -4.17. The van der Waals surface area contributed by atoms with Crippen molar-refractivity contribution < 1.29 is 24.2 Å². The van der Waals surface area contributed by atoms with Crippen LogP contribution < -0.4 is 10.6 Å². The van der Waals surface area contributed by atoms with Crippen molar-refractivity contribution in [1.29, 1.82) is 0 Å². The zero-order valence-electron chi connectivity index (χ0n) is 22.5. The minimum absolute atomic E-state index is 0.216. The third kappa shape index (κ3) is 7.03. The Morgan fingerprint density at radius 2 is 1.77 bits per heavy atom. The minimum Gasteiger partial charge on any atom is -0.444 e. The largest absolute Gasteiger partial charge is 0.444 e. The van der Waals surface area contributed by atoms with Crippen molar-refractivity contribution in [3.8, 4) is 0 Å². The summed E-state index contributed by atoms with van der Waals surface area (Å²) in [4.78, 5) is 41.7. The van der Waals surface area contributed by atoms with Gasteiger partial charge in [0.15, 0.2) is 0 Å². The van der Waals surface area contributed by atoms with E-state index in [9.17, 15) is 19.5 Å². The highest BCUT2D eigenvalue weighted by atomic mass is 16.6. The molecule has 2 unspecified atom stereocenters. The molecule has 0 aromatic heterocycles. The van der Waals surface area contributed by atoms with E-state index in [0.29, 0.717) is 24.1 Å². The summed E-state index contributed by atoms with van der Waals surface area (Å²) >= 11 is 0. The third-order valence-corrected chi connectivity index (χ3v) is 6.37. The molecule has 1 fully saturated rings. The highest BCUT2D eigenvalue weighted by molar-refractivity contribution is 6.00. The Balaban J connectivity index is 1.68. The van der Waals surface area contributed by atoms with E-state index in [-0.39, 0.29) is 6.04 Å². The molecule has 39 heavy (non-hydrogen) atoms. The Morgan fingerprint density at radius 3 is 2.41 bits per heavy atom. The number of carbonyl (C=O) groups is 3. The predicted molar refractivity (Wildman–Crippen MR) is 152 cm³/mol. The number of amides is 3. The number of hydrogen-bond donors (Lipinski definition) is 3. The summed E-state index contributed by atoms with van der Waals surface area (Å²) in [5, 5.41) is 17.5. The molecule has 2 atom stereocenters. The van der Waals surface area contributed by atoms with Crippen LogP contribution in [0.2, 0.25) is 0 Å². The molecule has 0 spiro atoms. The SMILES string of the molecule is C=Cc1cccc(C(C(=O)Nc2ccc3ccccc3c2)N(C(=O)C(CO)NC(=O)OC(C)(C)C)C2CC2)c1. The number of anilines is 1. The summed E-state index contributed by atoms with van der Waals surface area (Å²) in [6, 6.07) is 18.2. The van der Waals surface area contributed by atoms with Crippen LogP contribution in [0.25, 0.3) is 16.8 Å². The second-order valence-corrected chi connectivity index (χ2v) is 10.7. The van der Waals surface area contributed by atoms with Crippen LogP contribution in [-0.2, 0) is 14.3 Å². The van der Waals surface area contributed by atoms with E-state index in [0.717, 1.165) is 16.3 Å². The van der Waals surface area contributed by atoms with E-state index in [4.69, 9.17) is 4.74 Å². The summed E-state index contributed by atoms with van der Waals surface area (Å²) in [6.07, 6.45) is 2.26. The average Bonchev–Trinajstić information content (AvgIpc) is 3.74. The predicted octanol–water partition coefficient (Wildman–Crippen LogP) is 5.04. The van der Waals surface area contributed by atoms with Crippen molar-refractivity contribution >= 4 is 40.4 Å². The lowest BCUT2D eigenvalue weighted by molar-refractivity contribution is -0.142. The van der Waals surface area contributed by atoms with Crippen molar-refractivity contribution in [1.82, 2.24) is 10.2 Å². The van der Waals surface area contributed by atoms with Crippen LogP contribution in [0, 0.1) is 0 Å². The van der Waals surface area contributed by atoms with Gasteiger partial charge in [-0.3, -0.25) is 9.59 Å².